The van der Waals surface area contributed by atoms with Crippen molar-refractivity contribution >= 4 is 46.3 Å². The SMILES string of the molecule is C/C=C(\SCc1ccc(/C(=C(C)/C(C)=C(\NCCCCCCCC)c2ccccc2)N(C)CCCCCCCCCC)s1)C1=C2C(=O)NC(C3=CC=CC=CC3)=C2C(=O)N1CCCCCCCCC. The second kappa shape index (κ2) is 31.1. The molecule has 0 unspecified atom stereocenters. The highest BCUT2D eigenvalue weighted by Crippen LogP contribution is 2.45. The summed E-state index contributed by atoms with van der Waals surface area (Å²) in [5, 5.41) is 7.08. The van der Waals surface area contributed by atoms with E-state index in [9.17, 15) is 9.59 Å². The monoisotopic (exact) mass is 973 g/mol. The molecular weight excluding hydrogens is 885 g/mol. The topological polar surface area (TPSA) is 64.7 Å². The number of benzene rings is 1. The van der Waals surface area contributed by atoms with E-state index in [1.165, 1.54) is 160 Å². The molecule has 2 amide bonds. The Bertz CT molecular complexity index is 2200. The zero-order valence-electron chi connectivity index (χ0n) is 43.9. The van der Waals surface area contributed by atoms with Crippen LogP contribution in [-0.4, -0.2) is 48.3 Å². The molecule has 0 spiro atoms. The van der Waals surface area contributed by atoms with Gasteiger partial charge in [-0.1, -0.05) is 203 Å². The molecule has 0 saturated heterocycles. The van der Waals surface area contributed by atoms with E-state index in [0.717, 1.165) is 47.9 Å². The largest absolute Gasteiger partial charge is 0.384 e. The van der Waals surface area contributed by atoms with E-state index in [1.54, 1.807) is 11.8 Å². The fourth-order valence-corrected chi connectivity index (χ4v) is 12.1. The Balaban J connectivity index is 1.43. The van der Waals surface area contributed by atoms with Gasteiger partial charge in [-0.05, 0) is 80.9 Å². The number of carbonyl (C=O) groups excluding carboxylic acids is 2. The van der Waals surface area contributed by atoms with Gasteiger partial charge in [-0.3, -0.25) is 9.59 Å². The van der Waals surface area contributed by atoms with E-state index >= 15 is 0 Å². The van der Waals surface area contributed by atoms with Gasteiger partial charge in [-0.2, -0.15) is 0 Å². The van der Waals surface area contributed by atoms with Gasteiger partial charge < -0.3 is 20.4 Å². The van der Waals surface area contributed by atoms with Crippen molar-refractivity contribution in [2.24, 2.45) is 0 Å². The third kappa shape index (κ3) is 16.7. The van der Waals surface area contributed by atoms with Crippen molar-refractivity contribution in [1.29, 1.82) is 0 Å². The average molecular weight is 974 g/mol. The maximum Gasteiger partial charge on any atom is 0.261 e. The third-order valence-electron chi connectivity index (χ3n) is 13.9. The summed E-state index contributed by atoms with van der Waals surface area (Å²) in [7, 11) is 2.29. The quantitative estimate of drug-likeness (QED) is 0.0540. The number of carbonyl (C=O) groups is 2. The maximum atomic E-state index is 14.6. The second-order valence-electron chi connectivity index (χ2n) is 19.4. The summed E-state index contributed by atoms with van der Waals surface area (Å²) in [6.45, 7) is 16.1. The Kier molecular flexibility index (Phi) is 25.1. The predicted octanol–water partition coefficient (Wildman–Crippen LogP) is 16.7. The first-order chi connectivity index (χ1) is 33.7. The zero-order valence-corrected chi connectivity index (χ0v) is 45.6. The van der Waals surface area contributed by atoms with Crippen molar-refractivity contribution < 1.29 is 9.59 Å². The minimum Gasteiger partial charge on any atom is -0.384 e. The number of nitrogens with zero attached hydrogens (tertiary/aromatic N) is 2. The molecule has 8 heteroatoms. The van der Waals surface area contributed by atoms with E-state index in [1.807, 2.05) is 40.5 Å². The number of hydrogen-bond donors (Lipinski definition) is 2. The van der Waals surface area contributed by atoms with Crippen LogP contribution < -0.4 is 10.6 Å². The molecule has 1 aliphatic carbocycles. The lowest BCUT2D eigenvalue weighted by molar-refractivity contribution is -0.124. The van der Waals surface area contributed by atoms with Crippen molar-refractivity contribution in [2.75, 3.05) is 26.7 Å². The molecule has 0 fully saturated rings. The molecule has 0 atom stereocenters. The molecule has 1 aromatic heterocycles. The Morgan fingerprint density at radius 1 is 0.739 bits per heavy atom. The van der Waals surface area contributed by atoms with Crippen LogP contribution in [0.1, 0.15) is 198 Å². The van der Waals surface area contributed by atoms with Crippen LogP contribution in [-0.2, 0) is 15.3 Å². The molecule has 3 aliphatic rings. The molecule has 69 heavy (non-hydrogen) atoms. The first-order valence-corrected chi connectivity index (χ1v) is 29.0. The Morgan fingerprint density at radius 2 is 1.36 bits per heavy atom. The Labute approximate surface area is 427 Å². The normalized spacial score (nSPS) is 15.7. The number of hydrogen-bond acceptors (Lipinski definition) is 6. The van der Waals surface area contributed by atoms with E-state index in [0.29, 0.717) is 29.8 Å². The van der Waals surface area contributed by atoms with Gasteiger partial charge in [-0.25, -0.2) is 0 Å². The lowest BCUT2D eigenvalue weighted by Crippen LogP contribution is -2.30. The number of allylic oxidation sites excluding steroid dienone is 9. The van der Waals surface area contributed by atoms with Crippen LogP contribution in [0.5, 0.6) is 0 Å². The highest BCUT2D eigenvalue weighted by molar-refractivity contribution is 8.02. The zero-order chi connectivity index (χ0) is 49.2. The van der Waals surface area contributed by atoms with Crippen LogP contribution in [0, 0.1) is 0 Å². The molecule has 1 aromatic carbocycles. The van der Waals surface area contributed by atoms with E-state index in [4.69, 9.17) is 0 Å². The summed E-state index contributed by atoms with van der Waals surface area (Å²) < 4.78 is 0. The van der Waals surface area contributed by atoms with Gasteiger partial charge in [-0.15, -0.1) is 23.1 Å². The third-order valence-corrected chi connectivity index (χ3v) is 16.4. The summed E-state index contributed by atoms with van der Waals surface area (Å²) in [5.41, 5.74) is 9.83. The van der Waals surface area contributed by atoms with E-state index < -0.39 is 0 Å². The van der Waals surface area contributed by atoms with E-state index in [2.05, 4.69) is 119 Å². The van der Waals surface area contributed by atoms with Crippen LogP contribution in [0.4, 0.5) is 0 Å². The average Bonchev–Trinajstić information content (AvgIpc) is 3.96. The van der Waals surface area contributed by atoms with Crippen LogP contribution in [0.15, 0.2) is 123 Å². The first kappa shape index (κ1) is 55.7. The van der Waals surface area contributed by atoms with Crippen molar-refractivity contribution in [2.45, 2.75) is 189 Å². The van der Waals surface area contributed by atoms with Crippen molar-refractivity contribution in [1.82, 2.24) is 20.4 Å². The second-order valence-corrected chi connectivity index (χ2v) is 21.5. The lowest BCUT2D eigenvalue weighted by Gasteiger charge is -2.26. The smallest absolute Gasteiger partial charge is 0.261 e. The molecule has 3 heterocycles. The molecule has 5 rings (SSSR count). The number of fused-ring (bicyclic) bond motifs is 1. The van der Waals surface area contributed by atoms with Gasteiger partial charge in [0.05, 0.1) is 33.1 Å². The van der Waals surface area contributed by atoms with Gasteiger partial charge in [0.25, 0.3) is 11.8 Å². The molecule has 6 nitrogen and oxygen atoms in total. The van der Waals surface area contributed by atoms with E-state index in [-0.39, 0.29) is 11.8 Å². The van der Waals surface area contributed by atoms with Gasteiger partial charge >= 0.3 is 0 Å². The van der Waals surface area contributed by atoms with Gasteiger partial charge in [0, 0.05) is 47.9 Å². The minimum atomic E-state index is -0.175. The molecule has 2 aliphatic heterocycles. The molecule has 0 saturated carbocycles. The lowest BCUT2D eigenvalue weighted by atomic mass is 9.98. The van der Waals surface area contributed by atoms with Gasteiger partial charge in [0.15, 0.2) is 0 Å². The molecule has 2 aromatic rings. The molecular formula is C61H88N4O2S2. The number of unbranched alkanes of at least 4 members (excludes halogenated alkanes) is 18. The van der Waals surface area contributed by atoms with Crippen molar-refractivity contribution in [3.8, 4) is 0 Å². The molecule has 0 radical (unpaired) electrons. The Hall–Kier alpha value is -4.27. The van der Waals surface area contributed by atoms with Gasteiger partial charge in [0.1, 0.15) is 0 Å². The Morgan fingerprint density at radius 3 is 2.01 bits per heavy atom. The summed E-state index contributed by atoms with van der Waals surface area (Å²) in [6.07, 6.45) is 39.1. The molecule has 2 N–H and O–H groups in total. The number of amides is 2. The summed E-state index contributed by atoms with van der Waals surface area (Å²) in [6, 6.07) is 15.5. The van der Waals surface area contributed by atoms with Crippen molar-refractivity contribution in [3.05, 3.63) is 138 Å². The fourth-order valence-electron chi connectivity index (χ4n) is 9.80. The highest BCUT2D eigenvalue weighted by atomic mass is 32.2. The summed E-state index contributed by atoms with van der Waals surface area (Å²) >= 11 is 3.62. The number of nitrogens with one attached hydrogen (secondary N) is 2. The summed E-state index contributed by atoms with van der Waals surface area (Å²) in [4.78, 5) is 36.6. The standard InChI is InChI=1S/C61H88N4O2S2/c1-8-12-15-18-21-23-27-35-44-64(7)58(48(6)47(5)56(49-37-32-29-33-38-49)62-43-34-26-20-17-14-10-3)53-42-41-51(69-53)46-68-52(11-4)59-55-54(57(63-60(55)66)50-39-30-24-25-31-40-50)61(67)65(59)45-36-28-22-19-16-13-9-2/h11,24-25,29-33,37-39,41-42,62H,8-10,12-23,26-28,34-36,40,43-46H2,1-7H3,(H,63,66)/b52-11-,56-47-,58-48-. The fraction of sp³-hybridized carbons (Fsp3) is 0.541. The van der Waals surface area contributed by atoms with Crippen LogP contribution >= 0.6 is 23.1 Å². The number of rotatable bonds is 34. The molecule has 0 bridgehead atoms. The van der Waals surface area contributed by atoms with Crippen LogP contribution in [0.25, 0.3) is 11.4 Å². The minimum absolute atomic E-state index is 0.0552. The van der Waals surface area contributed by atoms with Crippen molar-refractivity contribution in [3.63, 3.8) is 0 Å². The first-order valence-electron chi connectivity index (χ1n) is 27.2. The van der Waals surface area contributed by atoms with Gasteiger partial charge in [0.2, 0.25) is 0 Å². The maximum absolute atomic E-state index is 14.6. The predicted molar refractivity (Wildman–Crippen MR) is 301 cm³/mol. The van der Waals surface area contributed by atoms with Crippen LogP contribution in [0.2, 0.25) is 0 Å². The highest BCUT2D eigenvalue weighted by Gasteiger charge is 2.46. The summed E-state index contributed by atoms with van der Waals surface area (Å²) in [5.74, 6) is 0.513. The number of thioether (sulfide) groups is 1. The number of thiophene rings is 1. The van der Waals surface area contributed by atoms with Crippen LogP contribution in [0.3, 0.4) is 0 Å². The molecule has 376 valence electrons.